The molecule has 0 aliphatic rings. The number of aromatic nitrogens is 1. The summed E-state index contributed by atoms with van der Waals surface area (Å²) in [7, 11) is 2.39. The van der Waals surface area contributed by atoms with Crippen molar-refractivity contribution in [1.82, 2.24) is 4.98 Å². The van der Waals surface area contributed by atoms with Crippen LogP contribution in [0.25, 0.3) is 10.9 Å². The summed E-state index contributed by atoms with van der Waals surface area (Å²) in [6, 6.07) is 11.2. The molecule has 3 rings (SSSR count). The average molecular weight is 464 g/mol. The Morgan fingerprint density at radius 3 is 2.12 bits per heavy atom. The van der Waals surface area contributed by atoms with Crippen LogP contribution in [0.4, 0.5) is 5.69 Å². The molecule has 0 fully saturated rings. The van der Waals surface area contributed by atoms with Crippen molar-refractivity contribution in [2.24, 2.45) is 0 Å². The standard InChI is InChI=1S/C25H24N2O7/c1-5-19-14(2)22(18-8-6-7-9-20(18)27-19)25(31)34-13-21(28)26-17-11-15(23(29)32-3)10-16(12-17)24(30)33-4/h6-12H,5,13H2,1-4H3,(H,26,28). The van der Waals surface area contributed by atoms with E-state index in [-0.39, 0.29) is 16.8 Å². The second kappa shape index (κ2) is 10.6. The molecule has 2 aromatic carbocycles. The number of esters is 3. The average Bonchev–Trinajstić information content (AvgIpc) is 2.85. The van der Waals surface area contributed by atoms with Crippen molar-refractivity contribution in [1.29, 1.82) is 0 Å². The smallest absolute Gasteiger partial charge is 0.339 e. The van der Waals surface area contributed by atoms with E-state index in [0.29, 0.717) is 28.5 Å². The maximum atomic E-state index is 12.9. The van der Waals surface area contributed by atoms with Crippen LogP contribution in [-0.2, 0) is 25.4 Å². The molecule has 1 aromatic heterocycles. The van der Waals surface area contributed by atoms with Crippen molar-refractivity contribution < 1.29 is 33.4 Å². The lowest BCUT2D eigenvalue weighted by Crippen LogP contribution is -2.22. The van der Waals surface area contributed by atoms with Gasteiger partial charge in [-0.05, 0) is 43.2 Å². The fraction of sp³-hybridized carbons (Fsp3) is 0.240. The maximum absolute atomic E-state index is 12.9. The van der Waals surface area contributed by atoms with Gasteiger partial charge in [0.15, 0.2) is 6.61 Å². The summed E-state index contributed by atoms with van der Waals surface area (Å²) < 4.78 is 14.6. The zero-order valence-electron chi connectivity index (χ0n) is 19.3. The van der Waals surface area contributed by atoms with Crippen LogP contribution in [-0.4, -0.2) is 49.6 Å². The Balaban J connectivity index is 1.80. The third kappa shape index (κ3) is 5.20. The van der Waals surface area contributed by atoms with Gasteiger partial charge >= 0.3 is 17.9 Å². The molecule has 0 saturated carbocycles. The largest absolute Gasteiger partial charge is 0.465 e. The molecule has 176 valence electrons. The predicted molar refractivity (Wildman–Crippen MR) is 124 cm³/mol. The Morgan fingerprint density at radius 2 is 1.53 bits per heavy atom. The Kier molecular flexibility index (Phi) is 7.57. The molecule has 1 amide bonds. The van der Waals surface area contributed by atoms with E-state index in [2.05, 4.69) is 19.8 Å². The summed E-state index contributed by atoms with van der Waals surface area (Å²) in [5.74, 6) is -2.70. The van der Waals surface area contributed by atoms with Crippen LogP contribution >= 0.6 is 0 Å². The number of carbonyl (C=O) groups is 4. The first-order valence-electron chi connectivity index (χ1n) is 10.5. The fourth-order valence-electron chi connectivity index (χ4n) is 3.54. The number of fused-ring (bicyclic) bond motifs is 1. The van der Waals surface area contributed by atoms with Crippen LogP contribution in [0.5, 0.6) is 0 Å². The quantitative estimate of drug-likeness (QED) is 0.417. The molecule has 0 spiro atoms. The van der Waals surface area contributed by atoms with Crippen LogP contribution < -0.4 is 5.32 Å². The normalized spacial score (nSPS) is 10.5. The lowest BCUT2D eigenvalue weighted by Gasteiger charge is -2.13. The van der Waals surface area contributed by atoms with E-state index in [9.17, 15) is 19.2 Å². The highest BCUT2D eigenvalue weighted by Crippen LogP contribution is 2.24. The number of aryl methyl sites for hydroxylation is 1. The lowest BCUT2D eigenvalue weighted by atomic mass is 10.0. The van der Waals surface area contributed by atoms with Gasteiger partial charge in [-0.25, -0.2) is 14.4 Å². The van der Waals surface area contributed by atoms with Gasteiger partial charge in [-0.2, -0.15) is 0 Å². The number of benzene rings is 2. The van der Waals surface area contributed by atoms with Gasteiger partial charge in [0.2, 0.25) is 0 Å². The molecule has 1 heterocycles. The SMILES string of the molecule is CCc1nc2ccccc2c(C(=O)OCC(=O)Nc2cc(C(=O)OC)cc(C(=O)OC)c2)c1C. The van der Waals surface area contributed by atoms with Crippen molar-refractivity contribution in [3.8, 4) is 0 Å². The Morgan fingerprint density at radius 1 is 0.912 bits per heavy atom. The van der Waals surface area contributed by atoms with E-state index in [0.717, 1.165) is 5.69 Å². The molecule has 0 bridgehead atoms. The molecule has 9 nitrogen and oxygen atoms in total. The van der Waals surface area contributed by atoms with E-state index >= 15 is 0 Å². The third-order valence-corrected chi connectivity index (χ3v) is 5.17. The van der Waals surface area contributed by atoms with E-state index in [1.165, 1.54) is 32.4 Å². The van der Waals surface area contributed by atoms with Crippen LogP contribution in [0.1, 0.15) is 49.3 Å². The second-order valence-electron chi connectivity index (χ2n) is 7.34. The molecule has 0 saturated heterocycles. The molecule has 1 N–H and O–H groups in total. The summed E-state index contributed by atoms with van der Waals surface area (Å²) in [6.45, 7) is 3.16. The van der Waals surface area contributed by atoms with Gasteiger partial charge in [-0.15, -0.1) is 0 Å². The van der Waals surface area contributed by atoms with E-state index in [1.54, 1.807) is 19.1 Å². The number of para-hydroxylation sites is 1. The molecule has 0 unspecified atom stereocenters. The van der Waals surface area contributed by atoms with Gasteiger partial charge in [0.25, 0.3) is 5.91 Å². The number of methoxy groups -OCH3 is 2. The molecule has 34 heavy (non-hydrogen) atoms. The second-order valence-corrected chi connectivity index (χ2v) is 7.34. The number of amides is 1. The van der Waals surface area contributed by atoms with Gasteiger partial charge in [0, 0.05) is 16.8 Å². The summed E-state index contributed by atoms with van der Waals surface area (Å²) in [6.07, 6.45) is 0.635. The summed E-state index contributed by atoms with van der Waals surface area (Å²) in [4.78, 5) is 53.8. The van der Waals surface area contributed by atoms with Gasteiger partial charge in [0.1, 0.15) is 0 Å². The highest BCUT2D eigenvalue weighted by molar-refractivity contribution is 6.06. The van der Waals surface area contributed by atoms with E-state index in [1.807, 2.05) is 19.1 Å². The number of nitrogens with one attached hydrogen (secondary N) is 1. The van der Waals surface area contributed by atoms with Crippen LogP contribution in [0.3, 0.4) is 0 Å². The van der Waals surface area contributed by atoms with Crippen LogP contribution in [0.2, 0.25) is 0 Å². The van der Waals surface area contributed by atoms with Crippen molar-refractivity contribution in [2.75, 3.05) is 26.1 Å². The number of pyridine rings is 1. The number of carbonyl (C=O) groups excluding carboxylic acids is 4. The molecule has 0 aliphatic carbocycles. The van der Waals surface area contributed by atoms with E-state index in [4.69, 9.17) is 4.74 Å². The van der Waals surface area contributed by atoms with Crippen LogP contribution in [0.15, 0.2) is 42.5 Å². The number of rotatable bonds is 7. The van der Waals surface area contributed by atoms with Crippen LogP contribution in [0, 0.1) is 6.92 Å². The zero-order valence-corrected chi connectivity index (χ0v) is 19.3. The van der Waals surface area contributed by atoms with Gasteiger partial charge in [-0.3, -0.25) is 9.78 Å². The Labute approximate surface area is 196 Å². The minimum absolute atomic E-state index is 0.0451. The summed E-state index contributed by atoms with van der Waals surface area (Å²) >= 11 is 0. The Bertz CT molecular complexity index is 1250. The molecule has 0 atom stereocenters. The Hall–Kier alpha value is -4.27. The number of hydrogen-bond acceptors (Lipinski definition) is 8. The molecular formula is C25H24N2O7. The van der Waals surface area contributed by atoms with Gasteiger partial charge in [-0.1, -0.05) is 25.1 Å². The molecule has 0 radical (unpaired) electrons. The van der Waals surface area contributed by atoms with Crippen molar-refractivity contribution in [3.63, 3.8) is 0 Å². The number of anilines is 1. The van der Waals surface area contributed by atoms with E-state index < -0.39 is 30.4 Å². The van der Waals surface area contributed by atoms with Crippen molar-refractivity contribution >= 4 is 40.4 Å². The molecule has 0 aliphatic heterocycles. The van der Waals surface area contributed by atoms with Crippen molar-refractivity contribution in [2.45, 2.75) is 20.3 Å². The third-order valence-electron chi connectivity index (χ3n) is 5.17. The highest BCUT2D eigenvalue weighted by Gasteiger charge is 2.20. The van der Waals surface area contributed by atoms with Gasteiger partial charge in [0.05, 0.1) is 36.4 Å². The van der Waals surface area contributed by atoms with Crippen molar-refractivity contribution in [3.05, 3.63) is 70.4 Å². The summed E-state index contributed by atoms with van der Waals surface area (Å²) in [5, 5.41) is 3.15. The lowest BCUT2D eigenvalue weighted by molar-refractivity contribution is -0.119. The first-order valence-corrected chi connectivity index (χ1v) is 10.5. The predicted octanol–water partition coefficient (Wildman–Crippen LogP) is 3.47. The van der Waals surface area contributed by atoms with Gasteiger partial charge < -0.3 is 19.5 Å². The highest BCUT2D eigenvalue weighted by atomic mass is 16.5. The molecule has 9 heteroatoms. The first-order chi connectivity index (χ1) is 16.3. The zero-order chi connectivity index (χ0) is 24.8. The minimum atomic E-state index is -0.695. The fourth-order valence-corrected chi connectivity index (χ4v) is 3.54. The number of hydrogen-bond donors (Lipinski definition) is 1. The molecule has 3 aromatic rings. The number of nitrogens with zero attached hydrogens (tertiary/aromatic N) is 1. The summed E-state index contributed by atoms with van der Waals surface area (Å²) in [5.41, 5.74) is 2.72. The molecular weight excluding hydrogens is 440 g/mol. The topological polar surface area (TPSA) is 121 Å². The number of ether oxygens (including phenoxy) is 3. The minimum Gasteiger partial charge on any atom is -0.465 e. The monoisotopic (exact) mass is 464 g/mol. The maximum Gasteiger partial charge on any atom is 0.339 e. The first kappa shape index (κ1) is 24.4.